The minimum absolute atomic E-state index is 0.163. The Morgan fingerprint density at radius 3 is 2.62 bits per heavy atom. The average molecular weight is 393 g/mol. The second-order valence-corrected chi connectivity index (χ2v) is 8.93. The molecule has 5 nitrogen and oxygen atoms in total. The van der Waals surface area contributed by atoms with E-state index in [0.29, 0.717) is 12.2 Å². The van der Waals surface area contributed by atoms with Crippen molar-refractivity contribution < 1.29 is 13.2 Å². The summed E-state index contributed by atoms with van der Waals surface area (Å²) >= 11 is 5.95. The molecule has 0 aromatic heterocycles. The molecule has 26 heavy (non-hydrogen) atoms. The van der Waals surface area contributed by atoms with Crippen molar-refractivity contribution in [3.63, 3.8) is 0 Å². The standard InChI is InChI=1S/C19H21ClN2O3S/c20-15-7-5-14(6-8-15)13-22-11-9-16-17(10-12-22)25-18-3-1-2-4-19(18)26(23,24)21-16/h1-8,16-17,21H,9-13H2/t16-,17-/m1/s1. The molecule has 1 fully saturated rings. The molecule has 0 spiro atoms. The van der Waals surface area contributed by atoms with Crippen LogP contribution in [-0.4, -0.2) is 38.6 Å². The van der Waals surface area contributed by atoms with E-state index in [2.05, 4.69) is 9.62 Å². The SMILES string of the molecule is O=S1(=O)N[C@@H]2CCN(Cc3ccc(Cl)cc3)CC[C@H]2Oc2ccccc21. The number of ether oxygens (including phenoxy) is 1. The van der Waals surface area contributed by atoms with E-state index in [1.54, 1.807) is 24.3 Å². The fourth-order valence-electron chi connectivity index (χ4n) is 3.61. The van der Waals surface area contributed by atoms with Crippen molar-refractivity contribution in [1.82, 2.24) is 9.62 Å². The van der Waals surface area contributed by atoms with Crippen molar-refractivity contribution in [1.29, 1.82) is 0 Å². The number of benzene rings is 2. The lowest BCUT2D eigenvalue weighted by Gasteiger charge is -2.22. The van der Waals surface area contributed by atoms with Crippen LogP contribution < -0.4 is 9.46 Å². The molecule has 4 rings (SSSR count). The number of sulfonamides is 1. The van der Waals surface area contributed by atoms with Gasteiger partial charge in [-0.05, 0) is 42.7 Å². The highest BCUT2D eigenvalue weighted by Crippen LogP contribution is 2.31. The summed E-state index contributed by atoms with van der Waals surface area (Å²) in [5.41, 5.74) is 1.20. The summed E-state index contributed by atoms with van der Waals surface area (Å²) in [6.07, 6.45) is 1.32. The van der Waals surface area contributed by atoms with Crippen molar-refractivity contribution in [2.75, 3.05) is 13.1 Å². The van der Waals surface area contributed by atoms with Crippen LogP contribution in [0.15, 0.2) is 53.4 Å². The molecule has 2 aliphatic rings. The van der Waals surface area contributed by atoms with Gasteiger partial charge in [-0.1, -0.05) is 35.9 Å². The van der Waals surface area contributed by atoms with E-state index in [-0.39, 0.29) is 17.0 Å². The third kappa shape index (κ3) is 3.74. The molecule has 2 aliphatic heterocycles. The van der Waals surface area contributed by atoms with Crippen molar-refractivity contribution in [3.05, 3.63) is 59.1 Å². The molecule has 2 aromatic carbocycles. The van der Waals surface area contributed by atoms with E-state index in [9.17, 15) is 8.42 Å². The van der Waals surface area contributed by atoms with Crippen LogP contribution >= 0.6 is 11.6 Å². The van der Waals surface area contributed by atoms with Gasteiger partial charge in [0.25, 0.3) is 0 Å². The summed E-state index contributed by atoms with van der Waals surface area (Å²) in [7, 11) is -3.55. The Hall–Kier alpha value is -1.60. The first-order valence-electron chi connectivity index (χ1n) is 8.76. The monoisotopic (exact) mass is 392 g/mol. The topological polar surface area (TPSA) is 58.6 Å². The molecular formula is C19H21ClN2O3S. The smallest absolute Gasteiger partial charge is 0.244 e. The third-order valence-electron chi connectivity index (χ3n) is 4.98. The molecule has 1 N–H and O–H groups in total. The summed E-state index contributed by atoms with van der Waals surface area (Å²) in [6.45, 7) is 2.49. The number of fused-ring (bicyclic) bond motifs is 2. The highest BCUT2D eigenvalue weighted by Gasteiger charge is 2.36. The Labute approximate surface area is 159 Å². The van der Waals surface area contributed by atoms with Crippen molar-refractivity contribution >= 4 is 21.6 Å². The molecule has 0 aliphatic carbocycles. The maximum absolute atomic E-state index is 12.6. The Morgan fingerprint density at radius 1 is 1.08 bits per heavy atom. The highest BCUT2D eigenvalue weighted by molar-refractivity contribution is 7.89. The van der Waals surface area contributed by atoms with Crippen LogP contribution in [0, 0.1) is 0 Å². The molecular weight excluding hydrogens is 372 g/mol. The first kappa shape index (κ1) is 17.8. The largest absolute Gasteiger partial charge is 0.487 e. The zero-order valence-electron chi connectivity index (χ0n) is 14.3. The summed E-state index contributed by atoms with van der Waals surface area (Å²) in [5, 5.41) is 0.730. The molecule has 138 valence electrons. The van der Waals surface area contributed by atoms with Gasteiger partial charge in [0.1, 0.15) is 16.7 Å². The zero-order chi connectivity index (χ0) is 18.1. The van der Waals surface area contributed by atoms with Crippen LogP contribution in [0.5, 0.6) is 5.75 Å². The molecule has 2 atom stereocenters. The van der Waals surface area contributed by atoms with E-state index < -0.39 is 10.0 Å². The normalized spacial score (nSPS) is 25.3. The molecule has 2 aromatic rings. The van der Waals surface area contributed by atoms with Crippen LogP contribution in [0.25, 0.3) is 0 Å². The van der Waals surface area contributed by atoms with Crippen molar-refractivity contribution in [2.24, 2.45) is 0 Å². The number of nitrogens with one attached hydrogen (secondary N) is 1. The Morgan fingerprint density at radius 2 is 1.81 bits per heavy atom. The Balaban J connectivity index is 1.51. The van der Waals surface area contributed by atoms with Crippen LogP contribution in [0.3, 0.4) is 0 Å². The predicted molar refractivity (Wildman–Crippen MR) is 101 cm³/mol. The van der Waals surface area contributed by atoms with Gasteiger partial charge in [-0.3, -0.25) is 4.90 Å². The lowest BCUT2D eigenvalue weighted by molar-refractivity contribution is 0.156. The molecule has 0 radical (unpaired) electrons. The second kappa shape index (κ2) is 7.19. The van der Waals surface area contributed by atoms with Crippen LogP contribution in [0.4, 0.5) is 0 Å². The number of likely N-dealkylation sites (tertiary alicyclic amines) is 1. The average Bonchev–Trinajstić information content (AvgIpc) is 2.86. The number of hydrogen-bond acceptors (Lipinski definition) is 4. The first-order valence-corrected chi connectivity index (χ1v) is 10.6. The number of nitrogens with zero attached hydrogens (tertiary/aromatic N) is 1. The van der Waals surface area contributed by atoms with Gasteiger partial charge in [0.05, 0.1) is 6.04 Å². The molecule has 7 heteroatoms. The summed E-state index contributed by atoms with van der Waals surface area (Å²) in [6, 6.07) is 14.5. The van der Waals surface area contributed by atoms with Crippen molar-refractivity contribution in [2.45, 2.75) is 36.4 Å². The van der Waals surface area contributed by atoms with E-state index in [4.69, 9.17) is 16.3 Å². The van der Waals surface area contributed by atoms with Gasteiger partial charge < -0.3 is 4.74 Å². The van der Waals surface area contributed by atoms with Crippen LogP contribution in [0.2, 0.25) is 5.02 Å². The number of rotatable bonds is 2. The summed E-state index contributed by atoms with van der Waals surface area (Å²) in [5.74, 6) is 0.443. The number of para-hydroxylation sites is 1. The second-order valence-electron chi connectivity index (χ2n) is 6.81. The third-order valence-corrected chi connectivity index (χ3v) is 6.76. The predicted octanol–water partition coefficient (Wildman–Crippen LogP) is 3.04. The molecule has 0 amide bonds. The van der Waals surface area contributed by atoms with E-state index >= 15 is 0 Å². The zero-order valence-corrected chi connectivity index (χ0v) is 15.8. The van der Waals surface area contributed by atoms with E-state index in [1.165, 1.54) is 5.56 Å². The van der Waals surface area contributed by atoms with Crippen molar-refractivity contribution in [3.8, 4) is 5.75 Å². The van der Waals surface area contributed by atoms with Crippen LogP contribution in [0.1, 0.15) is 18.4 Å². The van der Waals surface area contributed by atoms with Gasteiger partial charge in [0.15, 0.2) is 0 Å². The highest BCUT2D eigenvalue weighted by atomic mass is 35.5. The lowest BCUT2D eigenvalue weighted by atomic mass is 10.1. The van der Waals surface area contributed by atoms with Gasteiger partial charge in [0.2, 0.25) is 10.0 Å². The summed E-state index contributed by atoms with van der Waals surface area (Å²) in [4.78, 5) is 2.56. The quantitative estimate of drug-likeness (QED) is 0.853. The number of halogens is 1. The van der Waals surface area contributed by atoms with Crippen LogP contribution in [-0.2, 0) is 16.6 Å². The van der Waals surface area contributed by atoms with Gasteiger partial charge in [-0.2, -0.15) is 0 Å². The first-order chi connectivity index (χ1) is 12.5. The number of hydrogen-bond donors (Lipinski definition) is 1. The fraction of sp³-hybridized carbons (Fsp3) is 0.368. The minimum atomic E-state index is -3.55. The summed E-state index contributed by atoms with van der Waals surface area (Å²) < 4.78 is 34.2. The molecule has 2 heterocycles. The maximum atomic E-state index is 12.6. The maximum Gasteiger partial charge on any atom is 0.244 e. The fourth-order valence-corrected chi connectivity index (χ4v) is 5.17. The van der Waals surface area contributed by atoms with Gasteiger partial charge >= 0.3 is 0 Å². The lowest BCUT2D eigenvalue weighted by Crippen LogP contribution is -2.43. The molecule has 0 unspecified atom stereocenters. The Kier molecular flexibility index (Phi) is 4.92. The Bertz CT molecular complexity index is 886. The van der Waals surface area contributed by atoms with E-state index in [0.717, 1.165) is 31.1 Å². The molecule has 1 saturated heterocycles. The minimum Gasteiger partial charge on any atom is -0.487 e. The van der Waals surface area contributed by atoms with Gasteiger partial charge in [-0.15, -0.1) is 0 Å². The van der Waals surface area contributed by atoms with Gasteiger partial charge in [-0.25, -0.2) is 13.1 Å². The molecule has 0 saturated carbocycles. The molecule has 0 bridgehead atoms. The van der Waals surface area contributed by atoms with Gasteiger partial charge in [0, 0.05) is 24.7 Å². The van der Waals surface area contributed by atoms with E-state index in [1.807, 2.05) is 24.3 Å².